The molecule has 0 saturated carbocycles. The molecular formula is C13H17BrClNO2. The molecule has 18 heavy (non-hydrogen) atoms. The maximum absolute atomic E-state index is 6.37. The number of nitrogens with two attached hydrogens (primary N) is 1. The van der Waals surface area contributed by atoms with Crippen LogP contribution in [-0.2, 0) is 4.74 Å². The molecule has 2 N–H and O–H groups in total. The summed E-state index contributed by atoms with van der Waals surface area (Å²) >= 11 is 9.56. The zero-order valence-corrected chi connectivity index (χ0v) is 12.6. The molecule has 1 unspecified atom stereocenters. The summed E-state index contributed by atoms with van der Waals surface area (Å²) in [6.45, 7) is 1.56. The van der Waals surface area contributed by atoms with Crippen LogP contribution in [0.5, 0.6) is 5.75 Å². The Balaban J connectivity index is 2.30. The average molecular weight is 335 g/mol. The number of methoxy groups -OCH3 is 1. The van der Waals surface area contributed by atoms with E-state index >= 15 is 0 Å². The SMILES string of the molecule is COc1c(Br)cc(Cl)cc1C(N)C1CCOCC1. The third kappa shape index (κ3) is 2.99. The van der Waals surface area contributed by atoms with Gasteiger partial charge in [0.2, 0.25) is 0 Å². The highest BCUT2D eigenvalue weighted by Crippen LogP contribution is 2.39. The maximum atomic E-state index is 6.37. The van der Waals surface area contributed by atoms with Crippen molar-refractivity contribution in [2.75, 3.05) is 20.3 Å². The fourth-order valence-corrected chi connectivity index (χ4v) is 3.37. The summed E-state index contributed by atoms with van der Waals surface area (Å²) < 4.78 is 11.6. The second-order valence-electron chi connectivity index (χ2n) is 4.49. The molecule has 0 spiro atoms. The van der Waals surface area contributed by atoms with E-state index in [1.807, 2.05) is 12.1 Å². The number of ether oxygens (including phenoxy) is 2. The molecule has 1 fully saturated rings. The second kappa shape index (κ2) is 6.24. The lowest BCUT2D eigenvalue weighted by atomic mass is 9.87. The van der Waals surface area contributed by atoms with E-state index in [9.17, 15) is 0 Å². The van der Waals surface area contributed by atoms with Crippen molar-refractivity contribution in [1.82, 2.24) is 0 Å². The quantitative estimate of drug-likeness (QED) is 0.919. The molecule has 1 aliphatic rings. The minimum Gasteiger partial charge on any atom is -0.495 e. The van der Waals surface area contributed by atoms with Crippen LogP contribution in [0.2, 0.25) is 5.02 Å². The Kier molecular flexibility index (Phi) is 4.90. The van der Waals surface area contributed by atoms with Crippen LogP contribution in [0.1, 0.15) is 24.4 Å². The van der Waals surface area contributed by atoms with Crippen LogP contribution in [0.25, 0.3) is 0 Å². The Bertz CT molecular complexity index is 422. The van der Waals surface area contributed by atoms with Gasteiger partial charge in [0.15, 0.2) is 0 Å². The van der Waals surface area contributed by atoms with E-state index < -0.39 is 0 Å². The van der Waals surface area contributed by atoms with Gasteiger partial charge < -0.3 is 15.2 Å². The molecule has 1 aromatic carbocycles. The van der Waals surface area contributed by atoms with Gasteiger partial charge in [-0.2, -0.15) is 0 Å². The minimum absolute atomic E-state index is 0.0705. The summed E-state index contributed by atoms with van der Waals surface area (Å²) in [7, 11) is 1.65. The highest BCUT2D eigenvalue weighted by Gasteiger charge is 2.25. The summed E-state index contributed by atoms with van der Waals surface area (Å²) in [5.74, 6) is 1.19. The number of rotatable bonds is 3. The molecule has 3 nitrogen and oxygen atoms in total. The Morgan fingerprint density at radius 3 is 2.72 bits per heavy atom. The molecule has 1 heterocycles. The summed E-state index contributed by atoms with van der Waals surface area (Å²) in [6, 6.07) is 3.64. The lowest BCUT2D eigenvalue weighted by Crippen LogP contribution is -2.27. The highest BCUT2D eigenvalue weighted by molar-refractivity contribution is 9.10. The van der Waals surface area contributed by atoms with Crippen molar-refractivity contribution in [1.29, 1.82) is 0 Å². The third-order valence-electron chi connectivity index (χ3n) is 3.37. The van der Waals surface area contributed by atoms with E-state index in [1.165, 1.54) is 0 Å². The van der Waals surface area contributed by atoms with Crippen molar-refractivity contribution in [3.05, 3.63) is 27.2 Å². The van der Waals surface area contributed by atoms with Gasteiger partial charge in [-0.3, -0.25) is 0 Å². The summed E-state index contributed by atoms with van der Waals surface area (Å²) in [4.78, 5) is 0. The maximum Gasteiger partial charge on any atom is 0.137 e. The zero-order valence-electron chi connectivity index (χ0n) is 10.3. The van der Waals surface area contributed by atoms with Crippen molar-refractivity contribution < 1.29 is 9.47 Å². The van der Waals surface area contributed by atoms with Crippen LogP contribution in [0, 0.1) is 5.92 Å². The van der Waals surface area contributed by atoms with E-state index in [1.54, 1.807) is 7.11 Å². The lowest BCUT2D eigenvalue weighted by molar-refractivity contribution is 0.0581. The first kappa shape index (κ1) is 14.1. The lowest BCUT2D eigenvalue weighted by Gasteiger charge is -2.29. The van der Waals surface area contributed by atoms with Crippen molar-refractivity contribution >= 4 is 27.5 Å². The molecule has 0 aromatic heterocycles. The molecule has 0 bridgehead atoms. The third-order valence-corrected chi connectivity index (χ3v) is 4.18. The molecule has 0 amide bonds. The van der Waals surface area contributed by atoms with E-state index in [0.717, 1.165) is 41.8 Å². The van der Waals surface area contributed by atoms with Crippen LogP contribution in [0.4, 0.5) is 0 Å². The summed E-state index contributed by atoms with van der Waals surface area (Å²) in [5.41, 5.74) is 7.33. The molecule has 1 aliphatic heterocycles. The van der Waals surface area contributed by atoms with Crippen LogP contribution in [0.3, 0.4) is 0 Å². The molecule has 0 aliphatic carbocycles. The van der Waals surface area contributed by atoms with E-state index in [4.69, 9.17) is 26.8 Å². The van der Waals surface area contributed by atoms with E-state index in [0.29, 0.717) is 10.9 Å². The van der Waals surface area contributed by atoms with Gasteiger partial charge in [0.25, 0.3) is 0 Å². The monoisotopic (exact) mass is 333 g/mol. The van der Waals surface area contributed by atoms with Gasteiger partial charge in [-0.1, -0.05) is 11.6 Å². The molecule has 2 rings (SSSR count). The Hall–Kier alpha value is -0.290. The number of hydrogen-bond donors (Lipinski definition) is 1. The van der Waals surface area contributed by atoms with Crippen molar-refractivity contribution in [3.8, 4) is 5.75 Å². The molecule has 1 atom stereocenters. The van der Waals surface area contributed by atoms with Crippen LogP contribution in [0.15, 0.2) is 16.6 Å². The van der Waals surface area contributed by atoms with Crippen molar-refractivity contribution in [3.63, 3.8) is 0 Å². The number of halogens is 2. The Morgan fingerprint density at radius 2 is 2.11 bits per heavy atom. The van der Waals surface area contributed by atoms with Crippen LogP contribution in [-0.4, -0.2) is 20.3 Å². The standard InChI is InChI=1S/C13H17BrClNO2/c1-17-13-10(6-9(15)7-11(13)14)12(16)8-2-4-18-5-3-8/h6-8,12H,2-5,16H2,1H3. The van der Waals surface area contributed by atoms with Gasteiger partial charge in [-0.15, -0.1) is 0 Å². The first-order chi connectivity index (χ1) is 8.63. The van der Waals surface area contributed by atoms with E-state index in [-0.39, 0.29) is 6.04 Å². The first-order valence-electron chi connectivity index (χ1n) is 5.99. The van der Waals surface area contributed by atoms with Gasteiger partial charge in [0.1, 0.15) is 5.75 Å². The van der Waals surface area contributed by atoms with Crippen molar-refractivity contribution in [2.24, 2.45) is 11.7 Å². The second-order valence-corrected chi connectivity index (χ2v) is 5.78. The van der Waals surface area contributed by atoms with Gasteiger partial charge >= 0.3 is 0 Å². The number of hydrogen-bond acceptors (Lipinski definition) is 3. The average Bonchev–Trinajstić information content (AvgIpc) is 2.38. The zero-order chi connectivity index (χ0) is 13.1. The molecular weight excluding hydrogens is 318 g/mol. The minimum atomic E-state index is -0.0705. The van der Waals surface area contributed by atoms with Gasteiger partial charge in [-0.25, -0.2) is 0 Å². The van der Waals surface area contributed by atoms with Gasteiger partial charge in [0, 0.05) is 29.8 Å². The largest absolute Gasteiger partial charge is 0.495 e. The normalized spacial score (nSPS) is 18.7. The highest BCUT2D eigenvalue weighted by atomic mass is 79.9. The van der Waals surface area contributed by atoms with Gasteiger partial charge in [0.05, 0.1) is 11.6 Å². The predicted molar refractivity (Wildman–Crippen MR) is 76.2 cm³/mol. The summed E-state index contributed by atoms with van der Waals surface area (Å²) in [6.07, 6.45) is 1.96. The Morgan fingerprint density at radius 1 is 1.44 bits per heavy atom. The summed E-state index contributed by atoms with van der Waals surface area (Å²) in [5, 5.41) is 0.667. The fourth-order valence-electron chi connectivity index (χ4n) is 2.37. The molecule has 0 radical (unpaired) electrons. The molecule has 100 valence electrons. The predicted octanol–water partition coefficient (Wildman–Crippen LogP) is 3.54. The first-order valence-corrected chi connectivity index (χ1v) is 7.17. The smallest absolute Gasteiger partial charge is 0.137 e. The molecule has 1 saturated heterocycles. The van der Waals surface area contributed by atoms with Gasteiger partial charge in [-0.05, 0) is 46.8 Å². The van der Waals surface area contributed by atoms with Crippen LogP contribution >= 0.6 is 27.5 Å². The molecule has 1 aromatic rings. The Labute approximate surface area is 121 Å². The fraction of sp³-hybridized carbons (Fsp3) is 0.538. The topological polar surface area (TPSA) is 44.5 Å². The van der Waals surface area contributed by atoms with Crippen molar-refractivity contribution in [2.45, 2.75) is 18.9 Å². The van der Waals surface area contributed by atoms with Crippen LogP contribution < -0.4 is 10.5 Å². The van der Waals surface area contributed by atoms with E-state index in [2.05, 4.69) is 15.9 Å². The number of benzene rings is 1. The molecule has 5 heteroatoms.